The van der Waals surface area contributed by atoms with Crippen molar-refractivity contribution in [3.05, 3.63) is 92.3 Å². The van der Waals surface area contributed by atoms with E-state index in [0.29, 0.717) is 5.69 Å². The molecule has 9 nitrogen and oxygen atoms in total. The summed E-state index contributed by atoms with van der Waals surface area (Å²) >= 11 is 0. The Morgan fingerprint density at radius 3 is 2.54 bits per heavy atom. The topological polar surface area (TPSA) is 130 Å². The number of carbonyl (C=O) groups excluding carboxylic acids is 1. The summed E-state index contributed by atoms with van der Waals surface area (Å²) in [5, 5.41) is 12.0. The molecule has 1 atom stereocenters. The van der Waals surface area contributed by atoms with Crippen molar-refractivity contribution in [3.63, 3.8) is 0 Å². The maximum Gasteiger partial charge on any atom is 0.335 e. The molecule has 180 valence electrons. The first kappa shape index (κ1) is 23.7. The van der Waals surface area contributed by atoms with Gasteiger partial charge in [-0.15, -0.1) is 0 Å². The number of nitrogens with zero attached hydrogens (tertiary/aromatic N) is 2. The number of aromatic hydroxyl groups is 1. The lowest BCUT2D eigenvalue weighted by Crippen LogP contribution is -2.34. The van der Waals surface area contributed by atoms with Crippen LogP contribution < -0.4 is 11.2 Å². The zero-order valence-corrected chi connectivity index (χ0v) is 19.7. The number of aromatic amines is 2. The Morgan fingerprint density at radius 2 is 1.86 bits per heavy atom. The Kier molecular flexibility index (Phi) is 6.68. The van der Waals surface area contributed by atoms with E-state index in [0.717, 1.165) is 26.6 Å². The summed E-state index contributed by atoms with van der Waals surface area (Å²) in [5.74, 6) is -1.12. The fourth-order valence-electron chi connectivity index (χ4n) is 4.07. The molecule has 0 saturated heterocycles. The van der Waals surface area contributed by atoms with Gasteiger partial charge in [0, 0.05) is 23.5 Å². The van der Waals surface area contributed by atoms with Crippen molar-refractivity contribution in [3.8, 4) is 11.6 Å². The van der Waals surface area contributed by atoms with Gasteiger partial charge in [0.2, 0.25) is 5.88 Å². The quantitative estimate of drug-likeness (QED) is 0.280. The van der Waals surface area contributed by atoms with Crippen molar-refractivity contribution < 1.29 is 14.6 Å². The van der Waals surface area contributed by atoms with Gasteiger partial charge in [-0.1, -0.05) is 42.8 Å². The molecule has 9 heteroatoms. The van der Waals surface area contributed by atoms with Gasteiger partial charge < -0.3 is 14.8 Å². The summed E-state index contributed by atoms with van der Waals surface area (Å²) in [7, 11) is 1.27. The fraction of sp³-hybridized carbons (Fsp3) is 0.231. The Balaban J connectivity index is 1.82. The second-order valence-corrected chi connectivity index (χ2v) is 8.16. The van der Waals surface area contributed by atoms with Gasteiger partial charge in [-0.2, -0.15) is 0 Å². The number of hydrogen-bond acceptors (Lipinski definition) is 6. The van der Waals surface area contributed by atoms with Crippen molar-refractivity contribution in [2.75, 3.05) is 7.11 Å². The zero-order valence-electron chi connectivity index (χ0n) is 19.7. The van der Waals surface area contributed by atoms with Crippen LogP contribution >= 0.6 is 0 Å². The first-order chi connectivity index (χ1) is 16.8. The third-order valence-electron chi connectivity index (χ3n) is 5.87. The summed E-state index contributed by atoms with van der Waals surface area (Å²) in [5.41, 5.74) is 1.59. The molecular formula is C26H26N4O5. The van der Waals surface area contributed by atoms with Crippen LogP contribution in [0.3, 0.4) is 0 Å². The molecule has 4 rings (SSSR count). The van der Waals surface area contributed by atoms with Crippen LogP contribution in [0.25, 0.3) is 16.6 Å². The van der Waals surface area contributed by atoms with Crippen LogP contribution in [0.15, 0.2) is 69.3 Å². The van der Waals surface area contributed by atoms with Crippen LogP contribution in [0.5, 0.6) is 5.88 Å². The third-order valence-corrected chi connectivity index (χ3v) is 5.87. The van der Waals surface area contributed by atoms with Gasteiger partial charge in [-0.3, -0.25) is 14.8 Å². The van der Waals surface area contributed by atoms with Gasteiger partial charge in [0.15, 0.2) is 6.04 Å². The highest BCUT2D eigenvalue weighted by molar-refractivity contribution is 6.03. The summed E-state index contributed by atoms with van der Waals surface area (Å²) in [6, 6.07) is 13.6. The van der Waals surface area contributed by atoms with Crippen molar-refractivity contribution in [2.45, 2.75) is 32.7 Å². The summed E-state index contributed by atoms with van der Waals surface area (Å²) in [4.78, 5) is 48.0. The van der Waals surface area contributed by atoms with Gasteiger partial charge in [0.1, 0.15) is 5.56 Å². The molecule has 4 aromatic rings. The van der Waals surface area contributed by atoms with Gasteiger partial charge in [-0.25, -0.2) is 14.2 Å². The van der Waals surface area contributed by atoms with Crippen molar-refractivity contribution in [1.82, 2.24) is 14.5 Å². The maximum absolute atomic E-state index is 12.8. The average Bonchev–Trinajstić information content (AvgIpc) is 3.26. The van der Waals surface area contributed by atoms with E-state index in [-0.39, 0.29) is 24.1 Å². The molecule has 2 aromatic heterocycles. The van der Waals surface area contributed by atoms with E-state index in [1.807, 2.05) is 37.4 Å². The SMILES string of the molecule is CCC(=N[C@@H](Cc1c[nH]c2ccccc12)C(=O)OC)c1c(O)n(-c2ccc(C)cc2)c(=O)[nH]c1=O. The molecule has 0 fully saturated rings. The van der Waals surface area contributed by atoms with E-state index >= 15 is 0 Å². The number of benzene rings is 2. The zero-order chi connectivity index (χ0) is 25.1. The van der Waals surface area contributed by atoms with E-state index in [4.69, 9.17) is 4.74 Å². The van der Waals surface area contributed by atoms with E-state index < -0.39 is 29.1 Å². The maximum atomic E-state index is 12.8. The monoisotopic (exact) mass is 474 g/mol. The number of H-pyrrole nitrogens is 2. The highest BCUT2D eigenvalue weighted by atomic mass is 16.5. The lowest BCUT2D eigenvalue weighted by molar-refractivity contribution is -0.142. The number of aromatic nitrogens is 3. The van der Waals surface area contributed by atoms with Crippen molar-refractivity contribution >= 4 is 22.6 Å². The number of carbonyl (C=O) groups is 1. The molecule has 0 amide bonds. The molecular weight excluding hydrogens is 448 g/mol. The molecule has 0 radical (unpaired) electrons. The molecule has 0 saturated carbocycles. The van der Waals surface area contributed by atoms with Gasteiger partial charge in [-0.05, 0) is 37.1 Å². The smallest absolute Gasteiger partial charge is 0.335 e. The minimum Gasteiger partial charge on any atom is -0.493 e. The second kappa shape index (κ2) is 9.84. The lowest BCUT2D eigenvalue weighted by atomic mass is 10.0. The number of methoxy groups -OCH3 is 1. The van der Waals surface area contributed by atoms with E-state index in [2.05, 4.69) is 15.0 Å². The molecule has 35 heavy (non-hydrogen) atoms. The van der Waals surface area contributed by atoms with E-state index in [1.165, 1.54) is 7.11 Å². The molecule has 3 N–H and O–H groups in total. The van der Waals surface area contributed by atoms with Crippen molar-refractivity contribution in [2.24, 2.45) is 4.99 Å². The fourth-order valence-corrected chi connectivity index (χ4v) is 4.07. The number of para-hydroxylation sites is 1. The first-order valence-electron chi connectivity index (χ1n) is 11.2. The van der Waals surface area contributed by atoms with E-state index in [1.54, 1.807) is 31.2 Å². The first-order valence-corrected chi connectivity index (χ1v) is 11.2. The van der Waals surface area contributed by atoms with Crippen LogP contribution in [-0.2, 0) is 16.0 Å². The Labute approximate surface area is 200 Å². The Morgan fingerprint density at radius 1 is 1.14 bits per heavy atom. The number of hydrogen-bond donors (Lipinski definition) is 3. The standard InChI is InChI=1S/C26H26N4O5/c1-4-19(22-23(31)29-26(34)30(24(22)32)17-11-9-15(2)10-12-17)28-21(25(33)35-3)13-16-14-27-20-8-6-5-7-18(16)20/h5-12,14,21,27,32H,4,13H2,1-3H3,(H,29,31,34)/t21-/m0/s1. The molecule has 2 aromatic carbocycles. The molecule has 0 spiro atoms. The number of ether oxygens (including phenoxy) is 1. The van der Waals surface area contributed by atoms with Gasteiger partial charge in [0.25, 0.3) is 5.56 Å². The number of rotatable bonds is 7. The molecule has 0 unspecified atom stereocenters. The normalized spacial score (nSPS) is 12.6. The minimum atomic E-state index is -0.965. The largest absolute Gasteiger partial charge is 0.493 e. The predicted octanol–water partition coefficient (Wildman–Crippen LogP) is 3.00. The number of esters is 1. The average molecular weight is 475 g/mol. The number of nitrogens with one attached hydrogen (secondary N) is 2. The highest BCUT2D eigenvalue weighted by Crippen LogP contribution is 2.22. The summed E-state index contributed by atoms with van der Waals surface area (Å²) in [6.07, 6.45) is 2.25. The van der Waals surface area contributed by atoms with Gasteiger partial charge in [0.05, 0.1) is 18.5 Å². The Bertz CT molecular complexity index is 1530. The van der Waals surface area contributed by atoms with Crippen LogP contribution in [0.1, 0.15) is 30.0 Å². The van der Waals surface area contributed by atoms with Crippen LogP contribution in [0.4, 0.5) is 0 Å². The number of aryl methyl sites for hydroxylation is 1. The van der Waals surface area contributed by atoms with Gasteiger partial charge >= 0.3 is 11.7 Å². The summed E-state index contributed by atoms with van der Waals surface area (Å²) < 4.78 is 5.99. The molecule has 2 heterocycles. The minimum absolute atomic E-state index is 0.166. The molecule has 0 aliphatic carbocycles. The van der Waals surface area contributed by atoms with Crippen LogP contribution in [-0.4, -0.2) is 44.5 Å². The third kappa shape index (κ3) is 4.65. The number of fused-ring (bicyclic) bond motifs is 1. The lowest BCUT2D eigenvalue weighted by Gasteiger charge is -2.15. The number of aliphatic imine (C=N–C) groups is 1. The summed E-state index contributed by atoms with van der Waals surface area (Å²) in [6.45, 7) is 3.65. The molecule has 0 aliphatic heterocycles. The van der Waals surface area contributed by atoms with Crippen LogP contribution in [0.2, 0.25) is 0 Å². The predicted molar refractivity (Wildman–Crippen MR) is 134 cm³/mol. The molecule has 0 aliphatic rings. The highest BCUT2D eigenvalue weighted by Gasteiger charge is 2.25. The van der Waals surface area contributed by atoms with Crippen LogP contribution in [0, 0.1) is 6.92 Å². The molecule has 0 bridgehead atoms. The second-order valence-electron chi connectivity index (χ2n) is 8.16. The van der Waals surface area contributed by atoms with E-state index in [9.17, 15) is 19.5 Å². The van der Waals surface area contributed by atoms with Crippen molar-refractivity contribution in [1.29, 1.82) is 0 Å². The Hall–Kier alpha value is -4.40.